The van der Waals surface area contributed by atoms with Gasteiger partial charge in [-0.1, -0.05) is 31.4 Å². The van der Waals surface area contributed by atoms with Crippen molar-refractivity contribution in [2.45, 2.75) is 70.4 Å². The van der Waals surface area contributed by atoms with Crippen molar-refractivity contribution in [1.29, 1.82) is 0 Å². The maximum atomic E-state index is 12.4. The Bertz CT molecular complexity index is 738. The molecule has 2 saturated carbocycles. The van der Waals surface area contributed by atoms with Crippen LogP contribution >= 0.6 is 0 Å². The van der Waals surface area contributed by atoms with Gasteiger partial charge in [0.2, 0.25) is 11.8 Å². The van der Waals surface area contributed by atoms with E-state index in [9.17, 15) is 14.4 Å². The average Bonchev–Trinajstić information content (AvgIpc) is 2.78. The number of carbonyl (C=O) groups excluding carboxylic acids is 3. The van der Waals surface area contributed by atoms with E-state index in [4.69, 9.17) is 0 Å². The molecule has 0 saturated heterocycles. The number of urea groups is 1. The van der Waals surface area contributed by atoms with Crippen LogP contribution in [0.3, 0.4) is 0 Å². The Morgan fingerprint density at radius 1 is 0.900 bits per heavy atom. The minimum absolute atomic E-state index is 0.0580. The van der Waals surface area contributed by atoms with Gasteiger partial charge in [0.15, 0.2) is 0 Å². The molecule has 7 nitrogen and oxygen atoms in total. The second-order valence-corrected chi connectivity index (χ2v) is 8.51. The summed E-state index contributed by atoms with van der Waals surface area (Å²) in [5.74, 6) is 0.366. The standard InChI is InChI=1S/C23H34N4O3/c1-24-21(28)18-10-12-19(13-11-18)27-23(30)25-15-16-6-5-9-20(14-16)26-22(29)17-7-3-2-4-8-17/h5-6,9,14,17-19H,2-4,7-8,10-13,15H2,1H3,(H,24,28)(H,26,29)(H2,25,27,30). The van der Waals surface area contributed by atoms with E-state index >= 15 is 0 Å². The molecule has 0 bridgehead atoms. The molecule has 0 spiro atoms. The zero-order valence-corrected chi connectivity index (χ0v) is 17.8. The van der Waals surface area contributed by atoms with Crippen molar-refractivity contribution in [3.05, 3.63) is 29.8 Å². The summed E-state index contributed by atoms with van der Waals surface area (Å²) >= 11 is 0. The van der Waals surface area contributed by atoms with Crippen LogP contribution in [0, 0.1) is 11.8 Å². The highest BCUT2D eigenvalue weighted by Crippen LogP contribution is 2.25. The van der Waals surface area contributed by atoms with Crippen molar-refractivity contribution in [3.8, 4) is 0 Å². The van der Waals surface area contributed by atoms with Crippen LogP contribution in [-0.4, -0.2) is 30.9 Å². The van der Waals surface area contributed by atoms with Crippen molar-refractivity contribution in [2.75, 3.05) is 12.4 Å². The maximum Gasteiger partial charge on any atom is 0.315 e. The van der Waals surface area contributed by atoms with Crippen LogP contribution in [0.4, 0.5) is 10.5 Å². The number of nitrogens with one attached hydrogen (secondary N) is 4. The van der Waals surface area contributed by atoms with Crippen LogP contribution in [-0.2, 0) is 16.1 Å². The second-order valence-electron chi connectivity index (χ2n) is 8.51. The summed E-state index contributed by atoms with van der Waals surface area (Å²) < 4.78 is 0. The second kappa shape index (κ2) is 11.0. The Balaban J connectivity index is 1.41. The van der Waals surface area contributed by atoms with Crippen molar-refractivity contribution >= 4 is 23.5 Å². The average molecular weight is 415 g/mol. The Kier molecular flexibility index (Phi) is 8.11. The molecule has 3 rings (SSSR count). The van der Waals surface area contributed by atoms with Crippen LogP contribution in [0.25, 0.3) is 0 Å². The molecule has 4 N–H and O–H groups in total. The Morgan fingerprint density at radius 3 is 2.30 bits per heavy atom. The lowest BCUT2D eigenvalue weighted by molar-refractivity contribution is -0.125. The third-order valence-corrected chi connectivity index (χ3v) is 6.30. The zero-order chi connectivity index (χ0) is 21.3. The molecule has 0 heterocycles. The van der Waals surface area contributed by atoms with Gasteiger partial charge in [0, 0.05) is 37.2 Å². The van der Waals surface area contributed by atoms with Gasteiger partial charge in [0.25, 0.3) is 0 Å². The van der Waals surface area contributed by atoms with E-state index < -0.39 is 0 Å². The van der Waals surface area contributed by atoms with Crippen LogP contribution in [0.15, 0.2) is 24.3 Å². The molecular formula is C23H34N4O3. The lowest BCUT2D eigenvalue weighted by Gasteiger charge is -2.28. The van der Waals surface area contributed by atoms with Gasteiger partial charge in [-0.05, 0) is 56.2 Å². The number of benzene rings is 1. The Morgan fingerprint density at radius 2 is 1.60 bits per heavy atom. The fraction of sp³-hybridized carbons (Fsp3) is 0.609. The van der Waals surface area contributed by atoms with E-state index in [0.29, 0.717) is 6.54 Å². The summed E-state index contributed by atoms with van der Waals surface area (Å²) in [6.45, 7) is 0.395. The first-order chi connectivity index (χ1) is 14.5. The van der Waals surface area contributed by atoms with Crippen LogP contribution in [0.1, 0.15) is 63.4 Å². The molecule has 7 heteroatoms. The fourth-order valence-electron chi connectivity index (χ4n) is 4.49. The summed E-state index contributed by atoms with van der Waals surface area (Å²) in [4.78, 5) is 36.4. The van der Waals surface area contributed by atoms with E-state index in [0.717, 1.165) is 62.6 Å². The molecule has 0 aromatic heterocycles. The number of rotatable bonds is 6. The number of carbonyl (C=O) groups is 3. The van der Waals surface area contributed by atoms with Crippen molar-refractivity contribution in [3.63, 3.8) is 0 Å². The third-order valence-electron chi connectivity index (χ3n) is 6.30. The summed E-state index contributed by atoms with van der Waals surface area (Å²) in [5, 5.41) is 11.6. The summed E-state index contributed by atoms with van der Waals surface area (Å²) in [6.07, 6.45) is 8.65. The Hall–Kier alpha value is -2.57. The van der Waals surface area contributed by atoms with E-state index in [2.05, 4.69) is 21.3 Å². The molecule has 1 aromatic rings. The monoisotopic (exact) mass is 414 g/mol. The smallest absolute Gasteiger partial charge is 0.315 e. The van der Waals surface area contributed by atoms with Gasteiger partial charge >= 0.3 is 6.03 Å². The molecule has 1 aromatic carbocycles. The minimum atomic E-state index is -0.199. The van der Waals surface area contributed by atoms with Crippen LogP contribution in [0.5, 0.6) is 0 Å². The van der Waals surface area contributed by atoms with Crippen molar-refractivity contribution in [1.82, 2.24) is 16.0 Å². The molecule has 0 unspecified atom stereocenters. The summed E-state index contributed by atoms with van der Waals surface area (Å²) in [7, 11) is 1.66. The number of hydrogen-bond donors (Lipinski definition) is 4. The number of amides is 4. The molecule has 30 heavy (non-hydrogen) atoms. The molecule has 0 aliphatic heterocycles. The molecule has 4 amide bonds. The lowest BCUT2D eigenvalue weighted by Crippen LogP contribution is -2.44. The van der Waals surface area contributed by atoms with E-state index in [1.54, 1.807) is 7.05 Å². The largest absolute Gasteiger partial charge is 0.359 e. The maximum absolute atomic E-state index is 12.4. The first-order valence-corrected chi connectivity index (χ1v) is 11.2. The molecular weight excluding hydrogens is 380 g/mol. The van der Waals surface area contributed by atoms with Crippen LogP contribution in [0.2, 0.25) is 0 Å². The normalized spacial score (nSPS) is 22.0. The number of anilines is 1. The molecule has 164 valence electrons. The Labute approximate surface area is 178 Å². The molecule has 2 aliphatic carbocycles. The first-order valence-electron chi connectivity index (χ1n) is 11.2. The predicted octanol–water partition coefficient (Wildman–Crippen LogP) is 3.31. The van der Waals surface area contributed by atoms with E-state index in [1.165, 1.54) is 6.42 Å². The van der Waals surface area contributed by atoms with Gasteiger partial charge in [0.1, 0.15) is 0 Å². The first kappa shape index (κ1) is 22.1. The third kappa shape index (κ3) is 6.47. The molecule has 0 radical (unpaired) electrons. The highest BCUT2D eigenvalue weighted by atomic mass is 16.2. The van der Waals surface area contributed by atoms with Crippen molar-refractivity contribution < 1.29 is 14.4 Å². The summed E-state index contributed by atoms with van der Waals surface area (Å²) in [5.41, 5.74) is 1.72. The van der Waals surface area contributed by atoms with Gasteiger partial charge in [-0.3, -0.25) is 9.59 Å². The van der Waals surface area contributed by atoms with Gasteiger partial charge in [0.05, 0.1) is 0 Å². The molecule has 2 fully saturated rings. The van der Waals surface area contributed by atoms with Gasteiger partial charge in [-0.15, -0.1) is 0 Å². The quantitative estimate of drug-likeness (QED) is 0.575. The van der Waals surface area contributed by atoms with Gasteiger partial charge in [-0.2, -0.15) is 0 Å². The highest BCUT2D eigenvalue weighted by Gasteiger charge is 2.26. The SMILES string of the molecule is CNC(=O)C1CCC(NC(=O)NCc2cccc(NC(=O)C3CCCCC3)c2)CC1. The molecule has 2 aliphatic rings. The molecule has 0 atom stereocenters. The fourth-order valence-corrected chi connectivity index (χ4v) is 4.49. The highest BCUT2D eigenvalue weighted by molar-refractivity contribution is 5.92. The van der Waals surface area contributed by atoms with Gasteiger partial charge in [-0.25, -0.2) is 4.79 Å². The van der Waals surface area contributed by atoms with Gasteiger partial charge < -0.3 is 21.3 Å². The van der Waals surface area contributed by atoms with Crippen LogP contribution < -0.4 is 21.3 Å². The zero-order valence-electron chi connectivity index (χ0n) is 17.8. The lowest BCUT2D eigenvalue weighted by atomic mass is 9.85. The minimum Gasteiger partial charge on any atom is -0.359 e. The predicted molar refractivity (Wildman–Crippen MR) is 117 cm³/mol. The topological polar surface area (TPSA) is 99.3 Å². The van der Waals surface area contributed by atoms with E-state index in [1.807, 2.05) is 24.3 Å². The van der Waals surface area contributed by atoms with E-state index in [-0.39, 0.29) is 35.7 Å². The van der Waals surface area contributed by atoms with Crippen molar-refractivity contribution in [2.24, 2.45) is 11.8 Å². The number of hydrogen-bond acceptors (Lipinski definition) is 3. The summed E-state index contributed by atoms with van der Waals surface area (Å²) in [6, 6.07) is 7.53.